The molecule has 0 aromatic heterocycles. The summed E-state index contributed by atoms with van der Waals surface area (Å²) < 4.78 is 12.0. The molecule has 0 bridgehead atoms. The Labute approximate surface area is 348 Å². The average molecular weight is 800 g/mol. The first-order chi connectivity index (χ1) is 28.9. The molecule has 9 nitrogen and oxygen atoms in total. The molecular formula is C50H61N3O6. The van der Waals surface area contributed by atoms with Gasteiger partial charge in [0, 0.05) is 82.2 Å². The van der Waals surface area contributed by atoms with Crippen molar-refractivity contribution in [1.29, 1.82) is 0 Å². The summed E-state index contributed by atoms with van der Waals surface area (Å²) >= 11 is 0. The molecule has 2 amide bonds. The topological polar surface area (TPSA) is 96.5 Å². The second kappa shape index (κ2) is 18.1. The number of imide groups is 1. The summed E-state index contributed by atoms with van der Waals surface area (Å²) in [6.07, 6.45) is 16.0. The predicted molar refractivity (Wildman–Crippen MR) is 239 cm³/mol. The van der Waals surface area contributed by atoms with E-state index in [1.165, 1.54) is 24.2 Å². The third-order valence-electron chi connectivity index (χ3n) is 13.0. The van der Waals surface area contributed by atoms with E-state index in [4.69, 9.17) is 9.47 Å². The number of benzene rings is 5. The highest BCUT2D eigenvalue weighted by Gasteiger charge is 2.36. The van der Waals surface area contributed by atoms with E-state index in [0.717, 1.165) is 153 Å². The van der Waals surface area contributed by atoms with Crippen LogP contribution in [0.2, 0.25) is 0 Å². The van der Waals surface area contributed by atoms with Gasteiger partial charge in [-0.15, -0.1) is 0 Å². The molecule has 0 N–H and O–H groups in total. The zero-order chi connectivity index (χ0) is 41.0. The maximum Gasteiger partial charge on any atom is 0.338 e. The van der Waals surface area contributed by atoms with Gasteiger partial charge >= 0.3 is 11.9 Å². The second-order valence-electron chi connectivity index (χ2n) is 17.1. The monoisotopic (exact) mass is 799 g/mol. The van der Waals surface area contributed by atoms with E-state index in [1.807, 2.05) is 24.3 Å². The molecule has 0 aliphatic carbocycles. The van der Waals surface area contributed by atoms with Gasteiger partial charge in [-0.25, -0.2) is 9.59 Å². The smallest absolute Gasteiger partial charge is 0.338 e. The molecule has 0 atom stereocenters. The van der Waals surface area contributed by atoms with Crippen molar-refractivity contribution in [2.45, 2.75) is 124 Å². The van der Waals surface area contributed by atoms with Gasteiger partial charge in [-0.2, -0.15) is 0 Å². The number of hydrogen-bond acceptors (Lipinski definition) is 8. The lowest BCUT2D eigenvalue weighted by atomic mass is 9.81. The lowest BCUT2D eigenvalue weighted by Gasteiger charge is -2.35. The van der Waals surface area contributed by atoms with E-state index in [1.54, 1.807) is 0 Å². The second-order valence-corrected chi connectivity index (χ2v) is 17.1. The molecule has 3 aliphatic rings. The maximum absolute atomic E-state index is 14.5. The number of unbranched alkanes of at least 4 members (excludes halogenated alkanes) is 7. The average Bonchev–Trinajstić information content (AvgIpc) is 3.27. The van der Waals surface area contributed by atoms with Gasteiger partial charge in [0.25, 0.3) is 11.8 Å². The summed E-state index contributed by atoms with van der Waals surface area (Å²) in [7, 11) is 0. The van der Waals surface area contributed by atoms with Crippen molar-refractivity contribution in [3.8, 4) is 0 Å². The van der Waals surface area contributed by atoms with E-state index in [-0.39, 0.29) is 25.0 Å². The molecule has 0 saturated carbocycles. The summed E-state index contributed by atoms with van der Waals surface area (Å²) in [6, 6.07) is 11.8. The van der Waals surface area contributed by atoms with E-state index in [2.05, 4.69) is 42.7 Å². The zero-order valence-corrected chi connectivity index (χ0v) is 35.5. The normalized spacial score (nSPS) is 16.0. The van der Waals surface area contributed by atoms with Crippen LogP contribution in [-0.4, -0.2) is 74.6 Å². The van der Waals surface area contributed by atoms with Crippen molar-refractivity contribution in [2.75, 3.05) is 55.7 Å². The molecule has 0 radical (unpaired) electrons. The number of esters is 2. The Morgan fingerprint density at radius 1 is 0.508 bits per heavy atom. The summed E-state index contributed by atoms with van der Waals surface area (Å²) in [4.78, 5) is 64.0. The Kier molecular flexibility index (Phi) is 12.6. The number of ether oxygens (including phenoxy) is 2. The summed E-state index contributed by atoms with van der Waals surface area (Å²) in [5.74, 6) is -1.36. The first-order valence-electron chi connectivity index (χ1n) is 22.9. The molecule has 0 unspecified atom stereocenters. The van der Waals surface area contributed by atoms with Crippen molar-refractivity contribution in [2.24, 2.45) is 0 Å². The van der Waals surface area contributed by atoms with Crippen LogP contribution in [0.5, 0.6) is 0 Å². The van der Waals surface area contributed by atoms with E-state index < -0.39 is 11.9 Å². The number of hydrogen-bond donors (Lipinski definition) is 0. The van der Waals surface area contributed by atoms with Crippen LogP contribution >= 0.6 is 0 Å². The van der Waals surface area contributed by atoms with Crippen molar-refractivity contribution >= 4 is 78.2 Å². The molecule has 2 saturated heterocycles. The Morgan fingerprint density at radius 3 is 1.44 bits per heavy atom. The highest BCUT2D eigenvalue weighted by atomic mass is 16.5. The minimum atomic E-state index is -0.444. The Balaban J connectivity index is 1.44. The first kappa shape index (κ1) is 40.8. The largest absolute Gasteiger partial charge is 0.462 e. The number of fused-ring (bicyclic) bond motifs is 2. The highest BCUT2D eigenvalue weighted by molar-refractivity contribution is 6.43. The molecule has 5 aromatic rings. The molecule has 8 rings (SSSR count). The van der Waals surface area contributed by atoms with Crippen molar-refractivity contribution in [3.05, 3.63) is 58.7 Å². The van der Waals surface area contributed by atoms with E-state index in [9.17, 15) is 19.2 Å². The molecule has 2 fully saturated rings. The van der Waals surface area contributed by atoms with Crippen LogP contribution in [0.3, 0.4) is 0 Å². The standard InChI is InChI=1S/C50H61N3O6/c1-4-7-10-11-12-19-28-53-47(54)35-22-20-33-41-34(21-23-36(42(35)41)48(53)55)45-40(52-26-17-14-18-27-52)32-38(50(57)59-30-9-6-3)43-37(49(56)58-29-8-5-2)31-39(44(33)46(43)45)51-24-15-13-16-25-51/h20-23,31-32H,4-19,24-30H2,1-3H3. The highest BCUT2D eigenvalue weighted by Crippen LogP contribution is 2.52. The predicted octanol–water partition coefficient (Wildman–Crippen LogP) is 11.6. The minimum Gasteiger partial charge on any atom is -0.462 e. The summed E-state index contributed by atoms with van der Waals surface area (Å²) in [6.45, 7) is 10.6. The molecule has 0 spiro atoms. The van der Waals surface area contributed by atoms with E-state index in [0.29, 0.717) is 39.6 Å². The number of piperidine rings is 2. The van der Waals surface area contributed by atoms with Gasteiger partial charge in [0.2, 0.25) is 0 Å². The Bertz CT molecular complexity index is 2220. The fourth-order valence-electron chi connectivity index (χ4n) is 9.92. The maximum atomic E-state index is 14.5. The fourth-order valence-corrected chi connectivity index (χ4v) is 9.92. The van der Waals surface area contributed by atoms with Gasteiger partial charge in [-0.05, 0) is 98.2 Å². The molecule has 9 heteroatoms. The lowest BCUT2D eigenvalue weighted by molar-refractivity contribution is 0.0500. The zero-order valence-electron chi connectivity index (χ0n) is 35.5. The molecule has 5 aromatic carbocycles. The van der Waals surface area contributed by atoms with Gasteiger partial charge < -0.3 is 19.3 Å². The quantitative estimate of drug-likeness (QED) is 0.0302. The third-order valence-corrected chi connectivity index (χ3v) is 13.0. The Hall–Kier alpha value is -4.92. The SMILES string of the molecule is CCCCCCCCN1C(=O)c2ccc3c4c(N5CCCCC5)cc(C(=O)OCCCC)c5c(C(=O)OCCCC)cc(N6CCCCC6)c(c6ccc(c2c36)C1=O)c54. The van der Waals surface area contributed by atoms with Gasteiger partial charge in [0.1, 0.15) is 0 Å². The molecule has 59 heavy (non-hydrogen) atoms. The first-order valence-corrected chi connectivity index (χ1v) is 22.9. The number of amides is 2. The summed E-state index contributed by atoms with van der Waals surface area (Å²) in [5, 5.41) is 6.69. The van der Waals surface area contributed by atoms with Crippen LogP contribution < -0.4 is 9.80 Å². The van der Waals surface area contributed by atoms with Crippen molar-refractivity contribution in [1.82, 2.24) is 4.90 Å². The Morgan fingerprint density at radius 2 is 0.966 bits per heavy atom. The van der Waals surface area contributed by atoms with Gasteiger partial charge in [-0.1, -0.05) is 77.8 Å². The number of carbonyl (C=O) groups is 4. The molecule has 3 aliphatic heterocycles. The van der Waals surface area contributed by atoms with Crippen LogP contribution in [0, 0.1) is 0 Å². The van der Waals surface area contributed by atoms with Gasteiger partial charge in [0.05, 0.1) is 24.3 Å². The van der Waals surface area contributed by atoms with Crippen LogP contribution in [-0.2, 0) is 9.47 Å². The van der Waals surface area contributed by atoms with Crippen LogP contribution in [0.4, 0.5) is 11.4 Å². The minimum absolute atomic E-state index is 0.237. The van der Waals surface area contributed by atoms with Gasteiger partial charge in [-0.3, -0.25) is 14.5 Å². The van der Waals surface area contributed by atoms with Crippen molar-refractivity contribution in [3.63, 3.8) is 0 Å². The lowest BCUT2D eigenvalue weighted by Crippen LogP contribution is -2.40. The van der Waals surface area contributed by atoms with E-state index >= 15 is 0 Å². The number of anilines is 2. The summed E-state index contributed by atoms with van der Waals surface area (Å²) in [5.41, 5.74) is 3.70. The van der Waals surface area contributed by atoms with Crippen LogP contribution in [0.25, 0.3) is 43.1 Å². The fraction of sp³-hybridized carbons (Fsp3) is 0.520. The molecule has 312 valence electrons. The van der Waals surface area contributed by atoms with Crippen molar-refractivity contribution < 1.29 is 28.7 Å². The number of carbonyl (C=O) groups excluding carboxylic acids is 4. The molecular weight excluding hydrogens is 739 g/mol. The number of nitrogens with zero attached hydrogens (tertiary/aromatic N) is 3. The van der Waals surface area contributed by atoms with Crippen LogP contribution in [0.15, 0.2) is 36.4 Å². The molecule has 3 heterocycles. The van der Waals surface area contributed by atoms with Crippen LogP contribution in [0.1, 0.15) is 165 Å². The number of rotatable bonds is 17. The third kappa shape index (κ3) is 7.59. The van der Waals surface area contributed by atoms with Gasteiger partial charge in [0.15, 0.2) is 0 Å².